The third-order valence-electron chi connectivity index (χ3n) is 3.54. The van der Waals surface area contributed by atoms with Crippen LogP contribution in [0.1, 0.15) is 18.5 Å². The van der Waals surface area contributed by atoms with Crippen molar-refractivity contribution in [3.05, 3.63) is 47.2 Å². The van der Waals surface area contributed by atoms with E-state index in [1.54, 1.807) is 17.1 Å². The molecule has 21 heavy (non-hydrogen) atoms. The number of rotatable bonds is 6. The molecule has 2 atom stereocenters. The molecule has 0 saturated carbocycles. The second-order valence-electron chi connectivity index (χ2n) is 5.32. The smallest absolute Gasteiger partial charge is 0.0862 e. The van der Waals surface area contributed by atoms with Crippen molar-refractivity contribution in [2.75, 3.05) is 19.3 Å². The van der Waals surface area contributed by atoms with E-state index < -0.39 is 6.10 Å². The first-order valence-electron chi connectivity index (χ1n) is 6.87. The molecule has 2 rings (SSSR count). The summed E-state index contributed by atoms with van der Waals surface area (Å²) in [4.78, 5) is 2.09. The lowest BCUT2D eigenvalue weighted by Gasteiger charge is -2.27. The molecule has 2 unspecified atom stereocenters. The predicted molar refractivity (Wildman–Crippen MR) is 85.1 cm³/mol. The number of aliphatic hydroxyl groups excluding tert-OH is 1. The Bertz CT molecular complexity index is 587. The van der Waals surface area contributed by atoms with Crippen LogP contribution in [0.4, 0.5) is 5.69 Å². The molecule has 0 aliphatic heterocycles. The van der Waals surface area contributed by atoms with Gasteiger partial charge in [-0.2, -0.15) is 5.10 Å². The van der Waals surface area contributed by atoms with Gasteiger partial charge in [0.25, 0.3) is 0 Å². The van der Waals surface area contributed by atoms with E-state index in [-0.39, 0.29) is 6.04 Å². The average molecular weight is 309 g/mol. The quantitative estimate of drug-likeness (QED) is 0.858. The maximum atomic E-state index is 10.2. The zero-order chi connectivity index (χ0) is 15.4. The van der Waals surface area contributed by atoms with Gasteiger partial charge in [-0.15, -0.1) is 0 Å². The number of hydrogen-bond acceptors (Lipinski definition) is 4. The molecule has 0 amide bonds. The monoisotopic (exact) mass is 308 g/mol. The fraction of sp³-hybridized carbons (Fsp3) is 0.400. The molecule has 0 aliphatic carbocycles. The van der Waals surface area contributed by atoms with Crippen LogP contribution in [0.5, 0.6) is 0 Å². The SMILES string of the molecule is CC(c1cccc(Cl)c1)N(C)CC(O)Cn1cc(N)cn1. The van der Waals surface area contributed by atoms with Crippen molar-refractivity contribution in [1.29, 1.82) is 0 Å². The summed E-state index contributed by atoms with van der Waals surface area (Å²) in [6.45, 7) is 3.04. The Morgan fingerprint density at radius 2 is 2.24 bits per heavy atom. The fourth-order valence-electron chi connectivity index (χ4n) is 2.26. The van der Waals surface area contributed by atoms with Crippen molar-refractivity contribution in [2.24, 2.45) is 0 Å². The minimum absolute atomic E-state index is 0.168. The van der Waals surface area contributed by atoms with E-state index >= 15 is 0 Å². The summed E-state index contributed by atoms with van der Waals surface area (Å²) in [6.07, 6.45) is 2.77. The molecule has 6 heteroatoms. The van der Waals surface area contributed by atoms with Crippen LogP contribution in [0.2, 0.25) is 5.02 Å². The molecule has 114 valence electrons. The number of anilines is 1. The lowest BCUT2D eigenvalue weighted by atomic mass is 10.1. The largest absolute Gasteiger partial charge is 0.396 e. The first kappa shape index (κ1) is 15.8. The molecule has 0 spiro atoms. The molecule has 0 bridgehead atoms. The zero-order valence-electron chi connectivity index (χ0n) is 12.3. The number of halogens is 1. The Kier molecular flexibility index (Phi) is 5.22. The van der Waals surface area contributed by atoms with Crippen LogP contribution in [0.15, 0.2) is 36.7 Å². The molecule has 0 fully saturated rings. The summed E-state index contributed by atoms with van der Waals surface area (Å²) in [7, 11) is 1.98. The highest BCUT2D eigenvalue weighted by Crippen LogP contribution is 2.22. The van der Waals surface area contributed by atoms with Gasteiger partial charge in [-0.05, 0) is 31.7 Å². The predicted octanol–water partition coefficient (Wildman–Crippen LogP) is 2.17. The van der Waals surface area contributed by atoms with Crippen molar-refractivity contribution in [3.8, 4) is 0 Å². The number of likely N-dealkylation sites (N-methyl/N-ethyl adjacent to an activating group) is 1. The van der Waals surface area contributed by atoms with Crippen molar-refractivity contribution in [3.63, 3.8) is 0 Å². The van der Waals surface area contributed by atoms with E-state index in [4.69, 9.17) is 17.3 Å². The first-order valence-corrected chi connectivity index (χ1v) is 7.25. The van der Waals surface area contributed by atoms with Gasteiger partial charge in [0.1, 0.15) is 0 Å². The van der Waals surface area contributed by atoms with Gasteiger partial charge in [0, 0.05) is 23.8 Å². The fourth-order valence-corrected chi connectivity index (χ4v) is 2.46. The van der Waals surface area contributed by atoms with Crippen molar-refractivity contribution < 1.29 is 5.11 Å². The summed E-state index contributed by atoms with van der Waals surface area (Å²) in [6, 6.07) is 7.94. The van der Waals surface area contributed by atoms with Crippen molar-refractivity contribution in [1.82, 2.24) is 14.7 Å². The van der Waals surface area contributed by atoms with Crippen LogP contribution in [0, 0.1) is 0 Å². The molecule has 0 aliphatic rings. The van der Waals surface area contributed by atoms with Crippen LogP contribution in [-0.2, 0) is 6.54 Å². The Balaban J connectivity index is 1.92. The van der Waals surface area contributed by atoms with Gasteiger partial charge in [-0.25, -0.2) is 0 Å². The topological polar surface area (TPSA) is 67.3 Å². The molecule has 1 aromatic heterocycles. The van der Waals surface area contributed by atoms with Gasteiger partial charge in [0.05, 0.1) is 24.5 Å². The van der Waals surface area contributed by atoms with Crippen molar-refractivity contribution in [2.45, 2.75) is 25.6 Å². The molecular formula is C15H21ClN4O. The lowest BCUT2D eigenvalue weighted by Crippen LogP contribution is -2.34. The van der Waals surface area contributed by atoms with E-state index in [0.717, 1.165) is 10.6 Å². The number of nitrogens with zero attached hydrogens (tertiary/aromatic N) is 3. The van der Waals surface area contributed by atoms with E-state index in [1.165, 1.54) is 0 Å². The molecule has 0 saturated heterocycles. The highest BCUT2D eigenvalue weighted by Gasteiger charge is 2.16. The number of hydrogen-bond donors (Lipinski definition) is 2. The van der Waals surface area contributed by atoms with Crippen LogP contribution < -0.4 is 5.73 Å². The third-order valence-corrected chi connectivity index (χ3v) is 3.78. The Labute approximate surface area is 129 Å². The normalized spacial score (nSPS) is 14.3. The molecule has 3 N–H and O–H groups in total. The van der Waals surface area contributed by atoms with Gasteiger partial charge in [0.15, 0.2) is 0 Å². The van der Waals surface area contributed by atoms with Crippen LogP contribution >= 0.6 is 11.6 Å². The lowest BCUT2D eigenvalue weighted by molar-refractivity contribution is 0.0910. The van der Waals surface area contributed by atoms with Crippen molar-refractivity contribution >= 4 is 17.3 Å². The van der Waals surface area contributed by atoms with Gasteiger partial charge in [0.2, 0.25) is 0 Å². The second-order valence-corrected chi connectivity index (χ2v) is 5.76. The number of aliphatic hydroxyl groups is 1. The minimum Gasteiger partial charge on any atom is -0.396 e. The highest BCUT2D eigenvalue weighted by atomic mass is 35.5. The number of nitrogen functional groups attached to an aromatic ring is 1. The molecule has 2 aromatic rings. The minimum atomic E-state index is -0.518. The zero-order valence-corrected chi connectivity index (χ0v) is 13.0. The Morgan fingerprint density at radius 1 is 1.48 bits per heavy atom. The highest BCUT2D eigenvalue weighted by molar-refractivity contribution is 6.30. The van der Waals surface area contributed by atoms with Crippen LogP contribution in [0.25, 0.3) is 0 Å². The average Bonchev–Trinajstić information content (AvgIpc) is 2.82. The van der Waals surface area contributed by atoms with Gasteiger partial charge in [-0.3, -0.25) is 9.58 Å². The second kappa shape index (κ2) is 6.93. The maximum absolute atomic E-state index is 10.2. The van der Waals surface area contributed by atoms with Gasteiger partial charge >= 0.3 is 0 Å². The van der Waals surface area contributed by atoms with Gasteiger partial charge < -0.3 is 10.8 Å². The van der Waals surface area contributed by atoms with E-state index in [0.29, 0.717) is 18.8 Å². The summed E-state index contributed by atoms with van der Waals surface area (Å²) >= 11 is 6.02. The summed E-state index contributed by atoms with van der Waals surface area (Å²) in [5.41, 5.74) is 7.33. The Hall–Kier alpha value is -1.56. The standard InChI is InChI=1S/C15H21ClN4O/c1-11(12-4-3-5-13(16)6-12)19(2)9-15(21)10-20-8-14(17)7-18-20/h3-8,11,15,21H,9-10,17H2,1-2H3. The first-order chi connectivity index (χ1) is 9.95. The van der Waals surface area contributed by atoms with Gasteiger partial charge in [-0.1, -0.05) is 23.7 Å². The number of aromatic nitrogens is 2. The van der Waals surface area contributed by atoms with Crippen LogP contribution in [0.3, 0.4) is 0 Å². The molecular weight excluding hydrogens is 288 g/mol. The van der Waals surface area contributed by atoms with E-state index in [2.05, 4.69) is 16.9 Å². The van der Waals surface area contributed by atoms with E-state index in [1.807, 2.05) is 31.3 Å². The summed E-state index contributed by atoms with van der Waals surface area (Å²) in [5.74, 6) is 0. The molecule has 5 nitrogen and oxygen atoms in total. The molecule has 1 aromatic carbocycles. The third kappa shape index (κ3) is 4.46. The van der Waals surface area contributed by atoms with E-state index in [9.17, 15) is 5.11 Å². The van der Waals surface area contributed by atoms with Crippen LogP contribution in [-0.4, -0.2) is 39.5 Å². The summed E-state index contributed by atoms with van der Waals surface area (Å²) in [5, 5.41) is 15.0. The number of benzene rings is 1. The molecule has 0 radical (unpaired) electrons. The molecule has 1 heterocycles. The maximum Gasteiger partial charge on any atom is 0.0862 e. The Morgan fingerprint density at radius 3 is 2.86 bits per heavy atom. The summed E-state index contributed by atoms with van der Waals surface area (Å²) < 4.78 is 1.65. The number of nitrogens with two attached hydrogens (primary N) is 1.